The van der Waals surface area contributed by atoms with Crippen LogP contribution in [0.5, 0.6) is 0 Å². The van der Waals surface area contributed by atoms with Crippen molar-refractivity contribution in [1.82, 2.24) is 4.90 Å². The summed E-state index contributed by atoms with van der Waals surface area (Å²) in [5.41, 5.74) is 4.97. The molecule has 0 aromatic heterocycles. The van der Waals surface area contributed by atoms with Crippen molar-refractivity contribution in [3.8, 4) is 0 Å². The number of halogens is 4. The minimum absolute atomic E-state index is 0.00254. The fourth-order valence-corrected chi connectivity index (χ4v) is 3.41. The van der Waals surface area contributed by atoms with E-state index in [0.29, 0.717) is 5.69 Å². The number of rotatable bonds is 9. The average Bonchev–Trinajstić information content (AvgIpc) is 3.53. The molecule has 0 atom stereocenters. The van der Waals surface area contributed by atoms with E-state index in [4.69, 9.17) is 5.73 Å². The Kier molecular flexibility index (Phi) is 6.94. The molecule has 0 aliphatic heterocycles. The summed E-state index contributed by atoms with van der Waals surface area (Å²) in [5, 5.41) is 0. The van der Waals surface area contributed by atoms with Crippen molar-refractivity contribution < 1.29 is 27.2 Å². The molecule has 0 spiro atoms. The summed E-state index contributed by atoms with van der Waals surface area (Å²) < 4.78 is 53.4. The minimum atomic E-state index is -4.49. The highest BCUT2D eigenvalue weighted by Gasteiger charge is 2.36. The van der Waals surface area contributed by atoms with Crippen LogP contribution in [0, 0.1) is 5.82 Å². The number of anilines is 1. The Hall–Kier alpha value is -2.94. The summed E-state index contributed by atoms with van der Waals surface area (Å²) in [6, 6.07) is 10.5. The molecular weight excluding hydrogens is 414 g/mol. The summed E-state index contributed by atoms with van der Waals surface area (Å²) in [5.74, 6) is -1.48. The van der Waals surface area contributed by atoms with Crippen molar-refractivity contribution in [2.75, 3.05) is 18.0 Å². The van der Waals surface area contributed by atoms with E-state index in [9.17, 15) is 27.2 Å². The third-order valence-corrected chi connectivity index (χ3v) is 5.12. The van der Waals surface area contributed by atoms with Crippen LogP contribution in [0.4, 0.5) is 23.2 Å². The van der Waals surface area contributed by atoms with Crippen LogP contribution in [0.2, 0.25) is 0 Å². The Balaban J connectivity index is 1.80. The van der Waals surface area contributed by atoms with Gasteiger partial charge in [0.15, 0.2) is 0 Å². The van der Waals surface area contributed by atoms with Gasteiger partial charge in [0, 0.05) is 31.2 Å². The lowest BCUT2D eigenvalue weighted by atomic mass is 10.1. The molecule has 166 valence electrons. The van der Waals surface area contributed by atoms with Gasteiger partial charge < -0.3 is 10.6 Å². The maximum Gasteiger partial charge on any atom is 0.416 e. The van der Waals surface area contributed by atoms with Gasteiger partial charge in [0.05, 0.1) is 12.1 Å². The maximum atomic E-state index is 13.4. The van der Waals surface area contributed by atoms with Gasteiger partial charge in [-0.3, -0.25) is 14.5 Å². The molecule has 1 aliphatic carbocycles. The van der Waals surface area contributed by atoms with E-state index < -0.39 is 29.4 Å². The van der Waals surface area contributed by atoms with E-state index in [2.05, 4.69) is 0 Å². The van der Waals surface area contributed by atoms with Gasteiger partial charge in [0.25, 0.3) is 0 Å². The third-order valence-electron chi connectivity index (χ3n) is 5.12. The molecule has 2 N–H and O–H groups in total. The molecule has 2 aromatic rings. The molecule has 1 saturated carbocycles. The highest BCUT2D eigenvalue weighted by atomic mass is 19.4. The van der Waals surface area contributed by atoms with Crippen LogP contribution >= 0.6 is 0 Å². The number of carbonyl (C=O) groups excluding carboxylic acids is 2. The second-order valence-electron chi connectivity index (χ2n) is 7.53. The second-order valence-corrected chi connectivity index (χ2v) is 7.53. The molecule has 0 heterocycles. The fraction of sp³-hybridized carbons (Fsp3) is 0.364. The maximum absolute atomic E-state index is 13.4. The van der Waals surface area contributed by atoms with Crippen molar-refractivity contribution in [1.29, 1.82) is 0 Å². The number of primary amides is 1. The van der Waals surface area contributed by atoms with Crippen LogP contribution in [-0.2, 0) is 22.3 Å². The highest BCUT2D eigenvalue weighted by molar-refractivity contribution is 5.95. The van der Waals surface area contributed by atoms with E-state index in [1.54, 1.807) is 4.90 Å². The van der Waals surface area contributed by atoms with Crippen molar-refractivity contribution in [2.45, 2.75) is 38.0 Å². The number of hydrogen-bond donors (Lipinski definition) is 1. The van der Waals surface area contributed by atoms with Gasteiger partial charge >= 0.3 is 6.18 Å². The monoisotopic (exact) mass is 437 g/mol. The molecule has 31 heavy (non-hydrogen) atoms. The first-order chi connectivity index (χ1) is 14.6. The number of amides is 2. The number of benzene rings is 2. The molecule has 0 bridgehead atoms. The van der Waals surface area contributed by atoms with Gasteiger partial charge in [0.2, 0.25) is 11.8 Å². The Bertz CT molecular complexity index is 927. The first-order valence-corrected chi connectivity index (χ1v) is 9.88. The topological polar surface area (TPSA) is 66.6 Å². The average molecular weight is 437 g/mol. The van der Waals surface area contributed by atoms with Crippen molar-refractivity contribution in [2.24, 2.45) is 5.73 Å². The highest BCUT2D eigenvalue weighted by Crippen LogP contribution is 2.34. The quantitative estimate of drug-likeness (QED) is 0.608. The van der Waals surface area contributed by atoms with Crippen molar-refractivity contribution in [3.63, 3.8) is 0 Å². The number of nitrogens with zero attached hydrogens (tertiary/aromatic N) is 2. The lowest BCUT2D eigenvalue weighted by Crippen LogP contribution is -2.42. The summed E-state index contributed by atoms with van der Waals surface area (Å²) in [7, 11) is 0. The van der Waals surface area contributed by atoms with Crippen LogP contribution in [0.25, 0.3) is 0 Å². The van der Waals surface area contributed by atoms with Crippen LogP contribution in [0.15, 0.2) is 48.5 Å². The van der Waals surface area contributed by atoms with Crippen LogP contribution in [-0.4, -0.2) is 35.8 Å². The molecule has 3 rings (SSSR count). The van der Waals surface area contributed by atoms with E-state index in [-0.39, 0.29) is 37.7 Å². The zero-order chi connectivity index (χ0) is 22.6. The van der Waals surface area contributed by atoms with Gasteiger partial charge in [-0.25, -0.2) is 4.39 Å². The summed E-state index contributed by atoms with van der Waals surface area (Å²) in [6.45, 7) is -0.163. The molecule has 2 amide bonds. The van der Waals surface area contributed by atoms with E-state index in [1.807, 2.05) is 0 Å². The van der Waals surface area contributed by atoms with Crippen molar-refractivity contribution in [3.05, 3.63) is 65.5 Å². The lowest BCUT2D eigenvalue weighted by molar-refractivity contribution is -0.138. The van der Waals surface area contributed by atoms with Gasteiger partial charge in [-0.1, -0.05) is 18.2 Å². The van der Waals surface area contributed by atoms with Gasteiger partial charge in [-0.15, -0.1) is 0 Å². The molecule has 0 saturated heterocycles. The number of hydrogen-bond acceptors (Lipinski definition) is 3. The summed E-state index contributed by atoms with van der Waals surface area (Å²) in [4.78, 5) is 27.3. The van der Waals surface area contributed by atoms with Gasteiger partial charge in [-0.05, 0) is 48.7 Å². The van der Waals surface area contributed by atoms with Gasteiger partial charge in [-0.2, -0.15) is 13.2 Å². The molecular formula is C22H23F4N3O2. The predicted octanol–water partition coefficient (Wildman–Crippen LogP) is 3.72. The lowest BCUT2D eigenvalue weighted by Gasteiger charge is -2.28. The van der Waals surface area contributed by atoms with E-state index >= 15 is 0 Å². The molecule has 9 heteroatoms. The van der Waals surface area contributed by atoms with Crippen molar-refractivity contribution >= 4 is 17.5 Å². The Morgan fingerprint density at radius 2 is 1.68 bits per heavy atom. The number of carbonyl (C=O) groups is 2. The zero-order valence-corrected chi connectivity index (χ0v) is 16.7. The summed E-state index contributed by atoms with van der Waals surface area (Å²) >= 11 is 0. The molecule has 0 unspecified atom stereocenters. The summed E-state index contributed by atoms with van der Waals surface area (Å²) in [6.07, 6.45) is -3.00. The third kappa shape index (κ3) is 6.27. The Labute approximate surface area is 177 Å². The molecule has 5 nitrogen and oxygen atoms in total. The predicted molar refractivity (Wildman–Crippen MR) is 107 cm³/mol. The Morgan fingerprint density at radius 3 is 2.26 bits per heavy atom. The standard InChI is InChI=1S/C22H23F4N3O2/c23-16-5-7-18(8-6-16)29(12-11-20(27)30)21(31)14-28(17-9-10-17)13-15-3-1-2-4-19(15)22(24,25)26/h1-8,17H,9-14H2,(H2,27,30). The van der Waals surface area contributed by atoms with Crippen LogP contribution in [0.1, 0.15) is 30.4 Å². The first-order valence-electron chi connectivity index (χ1n) is 9.88. The van der Waals surface area contributed by atoms with Crippen LogP contribution < -0.4 is 10.6 Å². The largest absolute Gasteiger partial charge is 0.416 e. The molecule has 1 aliphatic rings. The SMILES string of the molecule is NC(=O)CCN(C(=O)CN(Cc1ccccc1C(F)(F)F)C1CC1)c1ccc(F)cc1. The number of alkyl halides is 3. The first kappa shape index (κ1) is 22.7. The number of nitrogens with two attached hydrogens (primary N) is 1. The molecule has 1 fully saturated rings. The fourth-order valence-electron chi connectivity index (χ4n) is 3.41. The van der Waals surface area contributed by atoms with E-state index in [0.717, 1.165) is 18.9 Å². The smallest absolute Gasteiger partial charge is 0.370 e. The van der Waals surface area contributed by atoms with E-state index in [1.165, 1.54) is 47.4 Å². The van der Waals surface area contributed by atoms with Crippen LogP contribution in [0.3, 0.4) is 0 Å². The second kappa shape index (κ2) is 9.47. The normalized spacial score (nSPS) is 14.0. The van der Waals surface area contributed by atoms with Gasteiger partial charge in [0.1, 0.15) is 5.82 Å². The zero-order valence-electron chi connectivity index (χ0n) is 16.7. The molecule has 0 radical (unpaired) electrons. The Morgan fingerprint density at radius 1 is 1.03 bits per heavy atom. The minimum Gasteiger partial charge on any atom is -0.370 e. The molecule has 2 aromatic carbocycles.